The number of nitrogen functional groups attached to an aromatic ring is 1. The molecule has 42 heavy (non-hydrogen) atoms. The van der Waals surface area contributed by atoms with Crippen LogP contribution in [-0.2, 0) is 44.2 Å². The van der Waals surface area contributed by atoms with Crippen molar-refractivity contribution in [2.24, 2.45) is 0 Å². The molecule has 1 aromatic heterocycles. The number of anilines is 1. The maximum Gasteiger partial charge on any atom is 0.373 e. The minimum Gasteiger partial charge on any atom is -0.368 e. The van der Waals surface area contributed by atoms with Crippen LogP contribution in [0.4, 0.5) is 5.95 Å². The molecule has 1 aliphatic carbocycles. The van der Waals surface area contributed by atoms with Gasteiger partial charge in [-0.1, -0.05) is 86.5 Å². The summed E-state index contributed by atoms with van der Waals surface area (Å²) < 4.78 is 3.10. The van der Waals surface area contributed by atoms with Crippen LogP contribution in [0.2, 0.25) is 0 Å². The van der Waals surface area contributed by atoms with Crippen LogP contribution >= 0.6 is 11.9 Å². The van der Waals surface area contributed by atoms with Crippen molar-refractivity contribution < 1.29 is 19.2 Å². The van der Waals surface area contributed by atoms with E-state index in [4.69, 9.17) is 15.3 Å². The minimum atomic E-state index is -0.502. The summed E-state index contributed by atoms with van der Waals surface area (Å²) in [6.07, 6.45) is 5.89. The summed E-state index contributed by atoms with van der Waals surface area (Å²) in [5.74, 6) is 0.817. The molecule has 0 fully saturated rings. The van der Waals surface area contributed by atoms with Gasteiger partial charge in [-0.15, -0.1) is 0 Å². The Balaban J connectivity index is 0.000000471. The zero-order valence-electron chi connectivity index (χ0n) is 24.4. The second kappa shape index (κ2) is 19.1. The lowest BCUT2D eigenvalue weighted by atomic mass is 9.92. The fourth-order valence-electron chi connectivity index (χ4n) is 4.41. The average Bonchev–Trinajstić information content (AvgIpc) is 3.01. The number of nitrogens with two attached hydrogens (primary N) is 1. The van der Waals surface area contributed by atoms with Gasteiger partial charge in [-0.2, -0.15) is 9.59 Å². The second-order valence-electron chi connectivity index (χ2n) is 9.60. The zero-order valence-corrected chi connectivity index (χ0v) is 25.2. The molecule has 4 rings (SSSR count). The van der Waals surface area contributed by atoms with Gasteiger partial charge in [0.25, 0.3) is 0 Å². The number of aryl methyl sites for hydroxylation is 2. The van der Waals surface area contributed by atoms with E-state index in [1.165, 1.54) is 28.0 Å². The number of nitrogens with zero attached hydrogens (tertiary/aromatic N) is 3. The van der Waals surface area contributed by atoms with E-state index in [0.717, 1.165) is 36.3 Å². The highest BCUT2D eigenvalue weighted by Crippen LogP contribution is 2.20. The summed E-state index contributed by atoms with van der Waals surface area (Å²) in [5, 5.41) is 3.10. The van der Waals surface area contributed by atoms with E-state index in [0.29, 0.717) is 12.8 Å². The summed E-state index contributed by atoms with van der Waals surface area (Å²) in [6.45, 7) is 4.25. The van der Waals surface area contributed by atoms with Crippen molar-refractivity contribution in [2.75, 3.05) is 19.3 Å². The number of fused-ring (bicyclic) bond motifs is 1. The fraction of sp³-hybridized carbons (Fsp3) is 0.387. The van der Waals surface area contributed by atoms with E-state index in [9.17, 15) is 9.59 Å². The molecule has 0 saturated carbocycles. The highest BCUT2D eigenvalue weighted by atomic mass is 32.2. The largest absolute Gasteiger partial charge is 0.373 e. The van der Waals surface area contributed by atoms with Crippen LogP contribution in [0.1, 0.15) is 49.1 Å². The van der Waals surface area contributed by atoms with Gasteiger partial charge in [0.1, 0.15) is 6.04 Å². The monoisotopic (exact) mass is 592 g/mol. The molecule has 2 atom stereocenters. The normalized spacial score (nSPS) is 13.9. The van der Waals surface area contributed by atoms with Gasteiger partial charge in [-0.25, -0.2) is 9.97 Å². The SMILES string of the molecule is CCC(C(=O)NC1CCc2nc(N)ncc2C1)N(C)C(=O)CNSCc1ccccc1.CCc1ccccc1.O=C=O. The topological polar surface area (TPSA) is 147 Å². The van der Waals surface area contributed by atoms with Gasteiger partial charge in [0.2, 0.25) is 17.8 Å². The highest BCUT2D eigenvalue weighted by Gasteiger charge is 2.28. The van der Waals surface area contributed by atoms with Gasteiger partial charge in [0, 0.05) is 30.7 Å². The molecule has 0 saturated heterocycles. The number of aromatic nitrogens is 2. The standard InChI is InChI=1S/C22H30N6O2S.C8H10.CO2/c1-3-19(28(2)20(29)13-25-31-14-15-7-5-4-6-8-15)21(30)26-17-9-10-18-16(11-17)12-24-22(23)27-18;1-2-8-6-4-3-5-7-8;2-1-3/h4-8,12,17,19,25H,3,9-11,13-14H2,1-2H3,(H,26,30)(H2,23,24,27);3-7H,2H2,1H3;. The van der Waals surface area contributed by atoms with Crippen molar-refractivity contribution in [3.8, 4) is 0 Å². The maximum atomic E-state index is 12.9. The van der Waals surface area contributed by atoms with Gasteiger partial charge in [0.05, 0.1) is 6.54 Å². The Kier molecular flexibility index (Phi) is 15.6. The second-order valence-corrected chi connectivity index (χ2v) is 10.5. The zero-order chi connectivity index (χ0) is 30.7. The van der Waals surface area contributed by atoms with Gasteiger partial charge < -0.3 is 16.0 Å². The first-order valence-corrected chi connectivity index (χ1v) is 14.9. The molecule has 224 valence electrons. The summed E-state index contributed by atoms with van der Waals surface area (Å²) in [4.78, 5) is 51.6. The molecule has 4 N–H and O–H groups in total. The molecule has 1 aliphatic rings. The molecule has 11 heteroatoms. The third kappa shape index (κ3) is 11.8. The fourth-order valence-corrected chi connectivity index (χ4v) is 5.10. The van der Waals surface area contributed by atoms with E-state index in [1.807, 2.05) is 43.3 Å². The van der Waals surface area contributed by atoms with Gasteiger partial charge in [-0.3, -0.25) is 14.3 Å². The quantitative estimate of drug-likeness (QED) is 0.238. The number of carbonyl (C=O) groups is 2. The number of amides is 2. The Morgan fingerprint density at radius 1 is 1.07 bits per heavy atom. The van der Waals surface area contributed by atoms with Crippen molar-refractivity contribution in [3.63, 3.8) is 0 Å². The average molecular weight is 593 g/mol. The minimum absolute atomic E-state index is 0.00401. The number of carbonyl (C=O) groups excluding carboxylic acids is 4. The van der Waals surface area contributed by atoms with E-state index >= 15 is 0 Å². The molecular weight excluding hydrogens is 552 g/mol. The Morgan fingerprint density at radius 2 is 1.69 bits per heavy atom. The van der Waals surface area contributed by atoms with E-state index < -0.39 is 6.04 Å². The van der Waals surface area contributed by atoms with Crippen LogP contribution in [0.5, 0.6) is 0 Å². The summed E-state index contributed by atoms with van der Waals surface area (Å²) in [7, 11) is 1.69. The van der Waals surface area contributed by atoms with Crippen LogP contribution in [0, 0.1) is 0 Å². The van der Waals surface area contributed by atoms with E-state index in [1.54, 1.807) is 13.2 Å². The summed E-state index contributed by atoms with van der Waals surface area (Å²) in [5.41, 5.74) is 10.2. The number of hydrogen-bond acceptors (Lipinski definition) is 9. The summed E-state index contributed by atoms with van der Waals surface area (Å²) in [6, 6.07) is 20.0. The maximum absolute atomic E-state index is 12.9. The van der Waals surface area contributed by atoms with Crippen molar-refractivity contribution in [2.45, 2.75) is 63.8 Å². The van der Waals surface area contributed by atoms with Crippen molar-refractivity contribution in [1.82, 2.24) is 24.9 Å². The lowest BCUT2D eigenvalue weighted by Gasteiger charge is -2.30. The number of nitrogens with one attached hydrogen (secondary N) is 2. The molecule has 0 radical (unpaired) electrons. The molecule has 0 bridgehead atoms. The third-order valence-electron chi connectivity index (χ3n) is 6.72. The first-order chi connectivity index (χ1) is 20.3. The number of benzene rings is 2. The molecule has 10 nitrogen and oxygen atoms in total. The molecule has 2 aromatic carbocycles. The van der Waals surface area contributed by atoms with E-state index in [2.05, 4.69) is 51.2 Å². The van der Waals surface area contributed by atoms with Gasteiger partial charge in [0.15, 0.2) is 0 Å². The molecule has 2 amide bonds. The molecule has 3 aromatic rings. The lowest BCUT2D eigenvalue weighted by molar-refractivity contribution is -0.191. The highest BCUT2D eigenvalue weighted by molar-refractivity contribution is 7.96. The number of likely N-dealkylation sites (N-methyl/N-ethyl adjacent to an activating group) is 1. The van der Waals surface area contributed by atoms with Crippen LogP contribution in [0.15, 0.2) is 66.9 Å². The summed E-state index contributed by atoms with van der Waals surface area (Å²) >= 11 is 1.48. The van der Waals surface area contributed by atoms with Crippen molar-refractivity contribution in [1.29, 1.82) is 0 Å². The molecule has 2 unspecified atom stereocenters. The third-order valence-corrected chi connectivity index (χ3v) is 7.55. The predicted octanol–water partition coefficient (Wildman–Crippen LogP) is 3.37. The lowest BCUT2D eigenvalue weighted by Crippen LogP contribution is -2.52. The Morgan fingerprint density at radius 3 is 2.26 bits per heavy atom. The molecule has 1 heterocycles. The molecule has 0 aliphatic heterocycles. The smallest absolute Gasteiger partial charge is 0.368 e. The van der Waals surface area contributed by atoms with Crippen LogP contribution in [0.3, 0.4) is 0 Å². The Labute approximate surface area is 252 Å². The van der Waals surface area contributed by atoms with Crippen LogP contribution in [-0.4, -0.2) is 58.5 Å². The van der Waals surface area contributed by atoms with Crippen molar-refractivity contribution >= 4 is 35.9 Å². The van der Waals surface area contributed by atoms with E-state index in [-0.39, 0.29) is 36.5 Å². The molecule has 0 spiro atoms. The predicted molar refractivity (Wildman–Crippen MR) is 164 cm³/mol. The number of rotatable bonds is 10. The van der Waals surface area contributed by atoms with Crippen LogP contribution in [0.25, 0.3) is 0 Å². The van der Waals surface area contributed by atoms with Gasteiger partial charge >= 0.3 is 6.15 Å². The first-order valence-electron chi connectivity index (χ1n) is 13.9. The first kappa shape index (κ1) is 34.2. The van der Waals surface area contributed by atoms with Crippen LogP contribution < -0.4 is 15.8 Å². The van der Waals surface area contributed by atoms with Crippen molar-refractivity contribution in [3.05, 3.63) is 89.2 Å². The Bertz CT molecular complexity index is 1270. The number of hydrogen-bond donors (Lipinski definition) is 3. The van der Waals surface area contributed by atoms with Gasteiger partial charge in [-0.05, 0) is 48.8 Å². The Hall–Kier alpha value is -4.05. The molecular formula is C31H40N6O4S.